The zero-order valence-corrected chi connectivity index (χ0v) is 22.2. The number of halogens is 1. The summed E-state index contributed by atoms with van der Waals surface area (Å²) in [7, 11) is -2.25. The molecule has 10 heteroatoms. The molecule has 1 fully saturated rings. The van der Waals surface area contributed by atoms with Gasteiger partial charge in [0.25, 0.3) is 10.0 Å². The number of rotatable bonds is 7. The third-order valence-corrected chi connectivity index (χ3v) is 8.64. The second kappa shape index (κ2) is 11.4. The molecule has 196 valence electrons. The van der Waals surface area contributed by atoms with Crippen LogP contribution < -0.4 is 19.3 Å². The van der Waals surface area contributed by atoms with Gasteiger partial charge < -0.3 is 15.0 Å². The zero-order valence-electron chi connectivity index (χ0n) is 20.6. The zero-order chi connectivity index (χ0) is 25.1. The maximum atomic E-state index is 13.7. The van der Waals surface area contributed by atoms with E-state index >= 15 is 0 Å². The van der Waals surface area contributed by atoms with E-state index < -0.39 is 16.1 Å². The molecule has 3 aromatic carbocycles. The first-order chi connectivity index (χ1) is 17.5. The molecule has 1 atom stereocenters. The Kier molecular flexibility index (Phi) is 8.26. The van der Waals surface area contributed by atoms with Crippen molar-refractivity contribution in [2.75, 3.05) is 54.4 Å². The number of benzene rings is 3. The summed E-state index contributed by atoms with van der Waals surface area (Å²) < 4.78 is 34.3. The number of methoxy groups -OCH3 is 1. The van der Waals surface area contributed by atoms with Crippen molar-refractivity contribution >= 4 is 45.4 Å². The lowest BCUT2D eigenvalue weighted by molar-refractivity contribution is -0.117. The monoisotopic (exact) mass is 542 g/mol. The number of piperazine rings is 1. The fraction of sp³-hybridized carbons (Fsp3) is 0.296. The fourth-order valence-electron chi connectivity index (χ4n) is 4.92. The van der Waals surface area contributed by atoms with Crippen molar-refractivity contribution in [1.29, 1.82) is 0 Å². The predicted molar refractivity (Wildman–Crippen MR) is 148 cm³/mol. The van der Waals surface area contributed by atoms with Crippen LogP contribution in [0.3, 0.4) is 0 Å². The summed E-state index contributed by atoms with van der Waals surface area (Å²) in [5.74, 6) is 0.547. The molecule has 2 aliphatic heterocycles. The predicted octanol–water partition coefficient (Wildman–Crippen LogP) is 3.85. The minimum Gasteiger partial charge on any atom is -0.495 e. The van der Waals surface area contributed by atoms with Crippen LogP contribution >= 0.6 is 12.4 Å². The number of hydrogen-bond donors (Lipinski definition) is 1. The van der Waals surface area contributed by atoms with E-state index in [2.05, 4.69) is 21.2 Å². The van der Waals surface area contributed by atoms with Gasteiger partial charge in [-0.05, 0) is 42.8 Å². The number of anilines is 3. The van der Waals surface area contributed by atoms with Crippen LogP contribution in [-0.2, 0) is 14.8 Å². The van der Waals surface area contributed by atoms with Gasteiger partial charge in [0, 0.05) is 32.7 Å². The van der Waals surface area contributed by atoms with Gasteiger partial charge in [0.2, 0.25) is 5.91 Å². The first kappa shape index (κ1) is 26.8. The molecule has 0 aliphatic carbocycles. The highest BCUT2D eigenvalue weighted by Gasteiger charge is 2.40. The molecule has 3 aromatic rings. The summed E-state index contributed by atoms with van der Waals surface area (Å²) >= 11 is 0. The molecule has 0 spiro atoms. The Morgan fingerprint density at radius 3 is 2.19 bits per heavy atom. The molecule has 2 heterocycles. The van der Waals surface area contributed by atoms with Crippen LogP contribution in [0.4, 0.5) is 17.1 Å². The molecule has 0 saturated carbocycles. The number of amides is 1. The Morgan fingerprint density at radius 1 is 0.865 bits per heavy atom. The van der Waals surface area contributed by atoms with E-state index in [1.165, 1.54) is 4.31 Å². The van der Waals surface area contributed by atoms with Crippen molar-refractivity contribution in [2.45, 2.75) is 17.4 Å². The highest BCUT2D eigenvalue weighted by atomic mass is 35.5. The second-order valence-electron chi connectivity index (χ2n) is 8.93. The van der Waals surface area contributed by atoms with Crippen LogP contribution in [0.15, 0.2) is 83.8 Å². The number of para-hydroxylation sites is 4. The summed E-state index contributed by atoms with van der Waals surface area (Å²) in [5, 5.41) is 2.91. The normalized spacial score (nSPS) is 18.0. The van der Waals surface area contributed by atoms with E-state index in [1.54, 1.807) is 61.7 Å². The molecule has 1 N–H and O–H groups in total. The van der Waals surface area contributed by atoms with Crippen molar-refractivity contribution in [1.82, 2.24) is 4.90 Å². The van der Waals surface area contributed by atoms with Gasteiger partial charge in [0.1, 0.15) is 11.8 Å². The van der Waals surface area contributed by atoms with Gasteiger partial charge in [0.15, 0.2) is 0 Å². The van der Waals surface area contributed by atoms with Gasteiger partial charge in [-0.2, -0.15) is 0 Å². The Labute approximate surface area is 224 Å². The molecule has 37 heavy (non-hydrogen) atoms. The molecule has 0 bridgehead atoms. The van der Waals surface area contributed by atoms with Crippen LogP contribution in [0, 0.1) is 0 Å². The van der Waals surface area contributed by atoms with Crippen LogP contribution in [-0.4, -0.2) is 65.1 Å². The first-order valence-electron chi connectivity index (χ1n) is 12.1. The molecule has 1 saturated heterocycles. The van der Waals surface area contributed by atoms with Gasteiger partial charge in [-0.1, -0.05) is 42.5 Å². The van der Waals surface area contributed by atoms with Crippen molar-refractivity contribution in [3.8, 4) is 5.75 Å². The van der Waals surface area contributed by atoms with Crippen LogP contribution in [0.25, 0.3) is 0 Å². The number of hydrogen-bond acceptors (Lipinski definition) is 6. The van der Waals surface area contributed by atoms with Crippen LogP contribution in [0.1, 0.15) is 6.42 Å². The fourth-order valence-corrected chi connectivity index (χ4v) is 6.60. The number of sulfonamides is 1. The van der Waals surface area contributed by atoms with Crippen molar-refractivity contribution in [3.05, 3.63) is 78.9 Å². The lowest BCUT2D eigenvalue weighted by atomic mass is 10.1. The van der Waals surface area contributed by atoms with Crippen molar-refractivity contribution in [2.24, 2.45) is 0 Å². The lowest BCUT2D eigenvalue weighted by Gasteiger charge is -2.40. The first-order valence-corrected chi connectivity index (χ1v) is 13.5. The average Bonchev–Trinajstić information content (AvgIpc) is 2.92. The maximum absolute atomic E-state index is 13.7. The third kappa shape index (κ3) is 5.39. The van der Waals surface area contributed by atoms with Crippen LogP contribution in [0.5, 0.6) is 5.75 Å². The van der Waals surface area contributed by atoms with E-state index in [-0.39, 0.29) is 23.2 Å². The van der Waals surface area contributed by atoms with E-state index in [0.29, 0.717) is 24.3 Å². The number of fused-ring (bicyclic) bond motifs is 1. The van der Waals surface area contributed by atoms with Crippen molar-refractivity contribution < 1.29 is 17.9 Å². The Hall–Kier alpha value is -3.27. The van der Waals surface area contributed by atoms with E-state index in [9.17, 15) is 13.2 Å². The number of ether oxygens (including phenoxy) is 1. The maximum Gasteiger partial charge on any atom is 0.265 e. The van der Waals surface area contributed by atoms with Crippen LogP contribution in [0.2, 0.25) is 0 Å². The average molecular weight is 543 g/mol. The summed E-state index contributed by atoms with van der Waals surface area (Å²) in [5.41, 5.74) is 2.07. The lowest BCUT2D eigenvalue weighted by Crippen LogP contribution is -2.53. The highest BCUT2D eigenvalue weighted by molar-refractivity contribution is 7.93. The quantitative estimate of drug-likeness (QED) is 0.488. The van der Waals surface area contributed by atoms with E-state index in [4.69, 9.17) is 4.74 Å². The topological polar surface area (TPSA) is 82.2 Å². The largest absolute Gasteiger partial charge is 0.495 e. The Bertz CT molecular complexity index is 1330. The molecule has 0 radical (unpaired) electrons. The molecule has 0 aromatic heterocycles. The SMILES string of the molecule is COc1ccccc1N1CCN(CCC2C(=O)Nc3ccccc3N2S(=O)(=O)c2ccccc2)CC1.Cl. The summed E-state index contributed by atoms with van der Waals surface area (Å²) in [4.78, 5) is 17.9. The number of nitrogens with zero attached hydrogens (tertiary/aromatic N) is 3. The van der Waals surface area contributed by atoms with Gasteiger partial charge in [0.05, 0.1) is 29.1 Å². The summed E-state index contributed by atoms with van der Waals surface area (Å²) in [6.07, 6.45) is 0.390. The van der Waals surface area contributed by atoms with Crippen molar-refractivity contribution in [3.63, 3.8) is 0 Å². The van der Waals surface area contributed by atoms with Gasteiger partial charge >= 0.3 is 0 Å². The smallest absolute Gasteiger partial charge is 0.265 e. The minimum atomic E-state index is -3.93. The van der Waals surface area contributed by atoms with Gasteiger partial charge in [-0.3, -0.25) is 14.0 Å². The summed E-state index contributed by atoms with van der Waals surface area (Å²) in [6.45, 7) is 3.89. The standard InChI is InChI=1S/C27H30N4O4S.ClH/c1-35-26-14-8-7-13-24(26)30-19-17-29(18-20-30)16-15-25-27(32)28-22-11-5-6-12-23(22)31(25)36(33,34)21-9-3-2-4-10-21;/h2-14,25H,15-20H2,1H3,(H,28,32);1H. The molecule has 8 nitrogen and oxygen atoms in total. The van der Waals surface area contributed by atoms with E-state index in [0.717, 1.165) is 37.6 Å². The third-order valence-electron chi connectivity index (χ3n) is 6.80. The number of carbonyl (C=O) groups is 1. The molecule has 5 rings (SSSR count). The van der Waals surface area contributed by atoms with E-state index in [1.807, 2.05) is 18.2 Å². The minimum absolute atomic E-state index is 0. The molecular formula is C27H31ClN4O4S. The van der Waals surface area contributed by atoms with Gasteiger partial charge in [-0.15, -0.1) is 12.4 Å². The molecule has 2 aliphatic rings. The van der Waals surface area contributed by atoms with Gasteiger partial charge in [-0.25, -0.2) is 8.42 Å². The summed E-state index contributed by atoms with van der Waals surface area (Å²) in [6, 6.07) is 22.5. The second-order valence-corrected chi connectivity index (χ2v) is 10.7. The number of carbonyl (C=O) groups excluding carboxylic acids is 1. The molecular weight excluding hydrogens is 512 g/mol. The number of nitrogens with one attached hydrogen (secondary N) is 1. The Balaban J connectivity index is 0.00000320. The molecule has 1 amide bonds. The molecule has 1 unspecified atom stereocenters. The Morgan fingerprint density at radius 2 is 1.49 bits per heavy atom. The highest BCUT2D eigenvalue weighted by Crippen LogP contribution is 2.37.